The normalized spacial score (nSPS) is 12.7. The molecule has 2 heterocycles. The first-order valence-corrected chi connectivity index (χ1v) is 5.82. The first kappa shape index (κ1) is 10.8. The fraction of sp³-hybridized carbons (Fsp3) is 0.133. The van der Waals surface area contributed by atoms with Crippen molar-refractivity contribution in [3.05, 3.63) is 59.7 Å². The Morgan fingerprint density at radius 3 is 2.56 bits per heavy atom. The second kappa shape index (κ2) is 4.18. The van der Waals surface area contributed by atoms with Gasteiger partial charge in [-0.15, -0.1) is 0 Å². The molecule has 3 nitrogen and oxygen atoms in total. The zero-order valence-electron chi connectivity index (χ0n) is 9.92. The average molecular weight is 240 g/mol. The highest BCUT2D eigenvalue weighted by atomic mass is 16.5. The molecule has 0 N–H and O–H groups in total. The summed E-state index contributed by atoms with van der Waals surface area (Å²) in [6.07, 6.45) is -0.270. The van der Waals surface area contributed by atoms with Crippen LogP contribution in [0.25, 0.3) is 11.2 Å². The van der Waals surface area contributed by atoms with Crippen LogP contribution in [0, 0.1) is 0 Å². The molecule has 0 aliphatic rings. The fourth-order valence-electron chi connectivity index (χ4n) is 1.96. The Balaban J connectivity index is 1.77. The maximum Gasteiger partial charge on any atom is 0.342 e. The third-order valence-electron chi connectivity index (χ3n) is 2.95. The number of rotatable bonds is 3. The van der Waals surface area contributed by atoms with E-state index in [2.05, 4.69) is 0 Å². The predicted molar refractivity (Wildman–Crippen MR) is 67.7 cm³/mol. The van der Waals surface area contributed by atoms with Gasteiger partial charge < -0.3 is 9.15 Å². The Morgan fingerprint density at radius 2 is 1.94 bits per heavy atom. The van der Waals surface area contributed by atoms with Crippen LogP contribution in [0.1, 0.15) is 28.9 Å². The number of carbonyl (C=O) groups excluding carboxylic acids is 1. The highest BCUT2D eigenvalue weighted by Crippen LogP contribution is 2.25. The van der Waals surface area contributed by atoms with E-state index < -0.39 is 0 Å². The highest BCUT2D eigenvalue weighted by molar-refractivity contribution is 5.99. The Morgan fingerprint density at radius 1 is 1.17 bits per heavy atom. The molecule has 18 heavy (non-hydrogen) atoms. The number of ether oxygens (including phenoxy) is 1. The van der Waals surface area contributed by atoms with E-state index in [-0.39, 0.29) is 12.1 Å². The maximum absolute atomic E-state index is 12.0. The third-order valence-corrected chi connectivity index (χ3v) is 2.95. The Kier molecular flexibility index (Phi) is 2.52. The van der Waals surface area contributed by atoms with Crippen molar-refractivity contribution >= 4 is 17.1 Å². The van der Waals surface area contributed by atoms with Gasteiger partial charge in [-0.3, -0.25) is 0 Å². The number of hydrogen-bond acceptors (Lipinski definition) is 3. The Hall–Kier alpha value is -2.29. The number of fused-ring (bicyclic) bond motifs is 2. The molecule has 3 heteroatoms. The summed E-state index contributed by atoms with van der Waals surface area (Å²) in [6.45, 7) is 1.86. The number of esters is 1. The lowest BCUT2D eigenvalue weighted by Gasteiger charge is -2.12. The van der Waals surface area contributed by atoms with Gasteiger partial charge in [0.05, 0.1) is 0 Å². The quantitative estimate of drug-likeness (QED) is 0.654. The summed E-state index contributed by atoms with van der Waals surface area (Å²) >= 11 is 0. The van der Waals surface area contributed by atoms with Crippen molar-refractivity contribution in [1.29, 1.82) is 0 Å². The van der Waals surface area contributed by atoms with Crippen molar-refractivity contribution in [2.45, 2.75) is 13.0 Å². The van der Waals surface area contributed by atoms with Crippen LogP contribution < -0.4 is 0 Å². The van der Waals surface area contributed by atoms with E-state index in [0.717, 1.165) is 5.56 Å². The van der Waals surface area contributed by atoms with E-state index in [1.165, 1.54) is 0 Å². The molecule has 0 unspecified atom stereocenters. The van der Waals surface area contributed by atoms with Crippen molar-refractivity contribution in [2.24, 2.45) is 0 Å². The molecular formula is C15H12O3. The largest absolute Gasteiger partial charge is 0.456 e. The van der Waals surface area contributed by atoms with Gasteiger partial charge in [0.25, 0.3) is 0 Å². The summed E-state index contributed by atoms with van der Waals surface area (Å²) in [5.41, 5.74) is 2.75. The number of hydrogen-bond donors (Lipinski definition) is 0. The molecule has 2 aromatic heterocycles. The van der Waals surface area contributed by atoms with Gasteiger partial charge in [0.2, 0.25) is 0 Å². The standard InChI is InChI=1S/C15H12O3/c1-10(11-5-3-2-4-6-11)17-15(16)13-9-12-7-8-14(13)18-12/h2-10H,1H3/t10-/m1/s1. The highest BCUT2D eigenvalue weighted by Gasteiger charge is 2.19. The molecule has 1 atom stereocenters. The summed E-state index contributed by atoms with van der Waals surface area (Å²) in [6, 6.07) is 15.0. The van der Waals surface area contributed by atoms with Gasteiger partial charge in [0, 0.05) is 0 Å². The lowest BCUT2D eigenvalue weighted by Crippen LogP contribution is -2.08. The second-order valence-electron chi connectivity index (χ2n) is 4.22. The van der Waals surface area contributed by atoms with Crippen LogP contribution in [0.4, 0.5) is 0 Å². The lowest BCUT2D eigenvalue weighted by atomic mass is 10.1. The van der Waals surface area contributed by atoms with Gasteiger partial charge in [0.15, 0.2) is 0 Å². The molecular weight excluding hydrogens is 228 g/mol. The van der Waals surface area contributed by atoms with E-state index >= 15 is 0 Å². The van der Waals surface area contributed by atoms with Crippen LogP contribution in [-0.4, -0.2) is 5.97 Å². The summed E-state index contributed by atoms with van der Waals surface area (Å²) < 4.78 is 10.7. The molecule has 0 amide bonds. The summed E-state index contributed by atoms with van der Waals surface area (Å²) in [5.74, 6) is -0.347. The maximum atomic E-state index is 12.0. The summed E-state index contributed by atoms with van der Waals surface area (Å²) in [7, 11) is 0. The number of carbonyl (C=O) groups is 1. The van der Waals surface area contributed by atoms with Gasteiger partial charge in [0.1, 0.15) is 22.8 Å². The SMILES string of the molecule is C[C@@H](OC(=O)c1cc2ccc1o2)c1ccccc1. The van der Waals surface area contributed by atoms with Crippen LogP contribution in [-0.2, 0) is 4.74 Å². The van der Waals surface area contributed by atoms with Crippen molar-refractivity contribution in [3.63, 3.8) is 0 Å². The van der Waals surface area contributed by atoms with Crippen LogP contribution in [0.2, 0.25) is 0 Å². The van der Waals surface area contributed by atoms with E-state index in [9.17, 15) is 4.79 Å². The monoisotopic (exact) mass is 240 g/mol. The van der Waals surface area contributed by atoms with Crippen LogP contribution in [0.3, 0.4) is 0 Å². The molecule has 0 aliphatic heterocycles. The molecule has 1 aromatic carbocycles. The third kappa shape index (κ3) is 1.84. The minimum atomic E-state index is -0.347. The Bertz CT molecular complexity index is 654. The molecule has 3 rings (SSSR count). The molecule has 90 valence electrons. The minimum absolute atomic E-state index is 0.270. The van der Waals surface area contributed by atoms with E-state index in [0.29, 0.717) is 16.7 Å². The summed E-state index contributed by atoms with van der Waals surface area (Å²) in [4.78, 5) is 12.0. The number of benzene rings is 2. The molecule has 0 fully saturated rings. The number of furan rings is 2. The molecule has 0 aliphatic carbocycles. The van der Waals surface area contributed by atoms with Crippen LogP contribution >= 0.6 is 0 Å². The summed E-state index contributed by atoms with van der Waals surface area (Å²) in [5, 5.41) is 0. The van der Waals surface area contributed by atoms with Crippen molar-refractivity contribution < 1.29 is 13.9 Å². The molecule has 0 spiro atoms. The molecule has 0 saturated heterocycles. The second-order valence-corrected chi connectivity index (χ2v) is 4.22. The van der Waals surface area contributed by atoms with Gasteiger partial charge in [-0.1, -0.05) is 30.3 Å². The van der Waals surface area contributed by atoms with E-state index in [1.54, 1.807) is 12.1 Å². The van der Waals surface area contributed by atoms with Crippen molar-refractivity contribution in [3.8, 4) is 0 Å². The molecule has 0 radical (unpaired) electrons. The smallest absolute Gasteiger partial charge is 0.342 e. The predicted octanol–water partition coefficient (Wildman–Crippen LogP) is 3.79. The topological polar surface area (TPSA) is 39.4 Å². The lowest BCUT2D eigenvalue weighted by molar-refractivity contribution is 0.0340. The fourth-order valence-corrected chi connectivity index (χ4v) is 1.96. The zero-order valence-corrected chi connectivity index (χ0v) is 9.92. The van der Waals surface area contributed by atoms with Crippen molar-refractivity contribution in [2.75, 3.05) is 0 Å². The van der Waals surface area contributed by atoms with E-state index in [1.807, 2.05) is 43.3 Å². The first-order valence-electron chi connectivity index (χ1n) is 5.82. The van der Waals surface area contributed by atoms with Crippen LogP contribution in [0.5, 0.6) is 0 Å². The van der Waals surface area contributed by atoms with Crippen molar-refractivity contribution in [1.82, 2.24) is 0 Å². The Labute approximate surface area is 104 Å². The molecule has 0 saturated carbocycles. The van der Waals surface area contributed by atoms with Gasteiger partial charge in [-0.25, -0.2) is 4.79 Å². The minimum Gasteiger partial charge on any atom is -0.456 e. The first-order chi connectivity index (χ1) is 8.74. The average Bonchev–Trinajstić information content (AvgIpc) is 3.02. The zero-order chi connectivity index (χ0) is 12.5. The van der Waals surface area contributed by atoms with Crippen LogP contribution in [0.15, 0.2) is 52.9 Å². The van der Waals surface area contributed by atoms with Gasteiger partial charge in [-0.05, 0) is 30.7 Å². The van der Waals surface area contributed by atoms with E-state index in [4.69, 9.17) is 9.15 Å². The molecule has 3 aromatic rings. The molecule has 2 bridgehead atoms. The van der Waals surface area contributed by atoms with Gasteiger partial charge >= 0.3 is 5.97 Å². The van der Waals surface area contributed by atoms with Gasteiger partial charge in [-0.2, -0.15) is 0 Å².